The SMILES string of the molecule is CCC[C@H](c1ccc(C(=O)NCCC(=O)[O-])cc1)N1C(=O)C(c2cccc(F)c2)=NC12CCC(C)CC2.[Na+]. The average molecular weight is 530 g/mol. The molecule has 0 unspecified atom stereocenters. The number of carbonyl (C=O) groups excluding carboxylic acids is 3. The molecule has 7 nitrogen and oxygen atoms in total. The van der Waals surface area contributed by atoms with Crippen LogP contribution < -0.4 is 40.0 Å². The second-order valence-electron chi connectivity index (χ2n) is 10.1. The summed E-state index contributed by atoms with van der Waals surface area (Å²) in [5.41, 5.74) is 1.42. The maximum Gasteiger partial charge on any atom is 1.00 e. The Balaban J connectivity index is 0.00000400. The first kappa shape index (κ1) is 30.0. The van der Waals surface area contributed by atoms with Crippen molar-refractivity contribution < 1.29 is 53.4 Å². The Labute approximate surface area is 245 Å². The van der Waals surface area contributed by atoms with Crippen LogP contribution in [0.1, 0.15) is 86.3 Å². The Kier molecular flexibility index (Phi) is 10.3. The van der Waals surface area contributed by atoms with Gasteiger partial charge in [0.05, 0.1) is 6.04 Å². The molecule has 2 aromatic rings. The predicted molar refractivity (Wildman–Crippen MR) is 136 cm³/mol. The molecule has 38 heavy (non-hydrogen) atoms. The Hall–Kier alpha value is -2.55. The first-order valence-corrected chi connectivity index (χ1v) is 13.0. The molecule has 196 valence electrons. The quantitative estimate of drug-likeness (QED) is 0.485. The molecule has 1 spiro atoms. The number of hydrogen-bond donors (Lipinski definition) is 1. The summed E-state index contributed by atoms with van der Waals surface area (Å²) in [5, 5.41) is 13.2. The van der Waals surface area contributed by atoms with E-state index >= 15 is 0 Å². The van der Waals surface area contributed by atoms with Crippen molar-refractivity contribution in [3.05, 3.63) is 71.0 Å². The van der Waals surface area contributed by atoms with Gasteiger partial charge in [-0.1, -0.05) is 44.5 Å². The number of amides is 2. The van der Waals surface area contributed by atoms with Crippen LogP contribution in [0.25, 0.3) is 0 Å². The fourth-order valence-corrected chi connectivity index (χ4v) is 5.40. The van der Waals surface area contributed by atoms with Crippen molar-refractivity contribution in [2.75, 3.05) is 6.54 Å². The fourth-order valence-electron chi connectivity index (χ4n) is 5.40. The van der Waals surface area contributed by atoms with Crippen molar-refractivity contribution in [2.24, 2.45) is 10.9 Å². The molecule has 4 rings (SSSR count). The number of halogens is 1. The van der Waals surface area contributed by atoms with Crippen molar-refractivity contribution in [3.63, 3.8) is 0 Å². The summed E-state index contributed by atoms with van der Waals surface area (Å²) in [6.45, 7) is 4.27. The van der Waals surface area contributed by atoms with Gasteiger partial charge in [-0.3, -0.25) is 14.6 Å². The third-order valence-corrected chi connectivity index (χ3v) is 7.41. The molecule has 0 radical (unpaired) electrons. The summed E-state index contributed by atoms with van der Waals surface area (Å²) < 4.78 is 14.0. The van der Waals surface area contributed by atoms with Gasteiger partial charge < -0.3 is 20.1 Å². The minimum Gasteiger partial charge on any atom is -0.550 e. The summed E-state index contributed by atoms with van der Waals surface area (Å²) in [4.78, 5) is 43.9. The number of carboxylic acid groups (broad SMARTS) is 1. The van der Waals surface area contributed by atoms with E-state index in [4.69, 9.17) is 4.99 Å². The van der Waals surface area contributed by atoms with Gasteiger partial charge in [0.1, 0.15) is 17.2 Å². The number of carboxylic acids is 1. The Bertz CT molecular complexity index is 1190. The molecule has 1 aliphatic heterocycles. The number of benzene rings is 2. The number of rotatable bonds is 9. The molecule has 0 saturated heterocycles. The van der Waals surface area contributed by atoms with Gasteiger partial charge in [-0.05, 0) is 67.9 Å². The van der Waals surface area contributed by atoms with E-state index in [0.717, 1.165) is 37.7 Å². The first-order chi connectivity index (χ1) is 17.7. The van der Waals surface area contributed by atoms with E-state index in [9.17, 15) is 23.9 Å². The molecule has 0 aromatic heterocycles. The summed E-state index contributed by atoms with van der Waals surface area (Å²) in [6.07, 6.45) is 4.69. The zero-order chi connectivity index (χ0) is 26.6. The molecule has 1 atom stereocenters. The van der Waals surface area contributed by atoms with Gasteiger partial charge in [-0.25, -0.2) is 4.39 Å². The van der Waals surface area contributed by atoms with Gasteiger partial charge in [-0.15, -0.1) is 0 Å². The molecule has 1 saturated carbocycles. The van der Waals surface area contributed by atoms with Crippen molar-refractivity contribution in [1.29, 1.82) is 0 Å². The standard InChI is InChI=1S/C29H34FN3O4.Na/c1-3-5-24(20-8-10-21(11-9-20)27(36)31-17-14-25(34)35)33-28(37)26(22-6-4-7-23(30)18-22)32-29(33)15-12-19(2)13-16-29;/h4,6-11,18-19,24H,3,5,12-17H2,1-2H3,(H,31,36)(H,34,35);/q;+1/p-1/t19?,24-,29?;/m1./s1. The van der Waals surface area contributed by atoms with E-state index in [0.29, 0.717) is 29.2 Å². The van der Waals surface area contributed by atoms with E-state index in [2.05, 4.69) is 19.2 Å². The monoisotopic (exact) mass is 529 g/mol. The number of carbonyl (C=O) groups is 3. The second-order valence-corrected chi connectivity index (χ2v) is 10.1. The van der Waals surface area contributed by atoms with E-state index in [1.54, 1.807) is 24.3 Å². The van der Waals surface area contributed by atoms with Crippen LogP contribution in [0.15, 0.2) is 53.5 Å². The summed E-state index contributed by atoms with van der Waals surface area (Å²) in [7, 11) is 0. The molecular weight excluding hydrogens is 496 g/mol. The van der Waals surface area contributed by atoms with Crippen LogP contribution in [0.5, 0.6) is 0 Å². The number of aliphatic imine (C=N–C) groups is 1. The molecule has 2 amide bonds. The van der Waals surface area contributed by atoms with Crippen LogP contribution in [0, 0.1) is 11.7 Å². The van der Waals surface area contributed by atoms with E-state index in [1.807, 2.05) is 17.0 Å². The second kappa shape index (κ2) is 13.0. The summed E-state index contributed by atoms with van der Waals surface area (Å²) >= 11 is 0. The van der Waals surface area contributed by atoms with Gasteiger partial charge in [0.15, 0.2) is 0 Å². The van der Waals surface area contributed by atoms with Crippen molar-refractivity contribution in [3.8, 4) is 0 Å². The van der Waals surface area contributed by atoms with Crippen LogP contribution in [0.2, 0.25) is 0 Å². The molecule has 9 heteroatoms. The predicted octanol–water partition coefficient (Wildman–Crippen LogP) is 0.779. The Morgan fingerprint density at radius 2 is 1.87 bits per heavy atom. The third kappa shape index (κ3) is 6.53. The van der Waals surface area contributed by atoms with Gasteiger partial charge in [0.25, 0.3) is 11.8 Å². The molecule has 1 fully saturated rings. The van der Waals surface area contributed by atoms with Crippen molar-refractivity contribution in [1.82, 2.24) is 10.2 Å². The average Bonchev–Trinajstić information content (AvgIpc) is 3.16. The third-order valence-electron chi connectivity index (χ3n) is 7.41. The smallest absolute Gasteiger partial charge is 0.550 e. The summed E-state index contributed by atoms with van der Waals surface area (Å²) in [5.74, 6) is -1.64. The van der Waals surface area contributed by atoms with Crippen LogP contribution in [0.3, 0.4) is 0 Å². The van der Waals surface area contributed by atoms with Crippen LogP contribution in [-0.2, 0) is 9.59 Å². The largest absolute Gasteiger partial charge is 1.00 e. The number of hydrogen-bond acceptors (Lipinski definition) is 5. The molecule has 1 heterocycles. The number of nitrogens with one attached hydrogen (secondary N) is 1. The molecule has 0 bridgehead atoms. The Morgan fingerprint density at radius 3 is 2.47 bits per heavy atom. The fraction of sp³-hybridized carbons (Fsp3) is 0.448. The van der Waals surface area contributed by atoms with Crippen LogP contribution in [0.4, 0.5) is 4.39 Å². The van der Waals surface area contributed by atoms with E-state index in [1.165, 1.54) is 12.1 Å². The zero-order valence-electron chi connectivity index (χ0n) is 22.3. The molecule has 2 aliphatic rings. The van der Waals surface area contributed by atoms with Gasteiger partial charge in [-0.2, -0.15) is 0 Å². The molecular formula is C29H33FN3NaO4. The molecule has 2 aromatic carbocycles. The molecule has 1 aliphatic carbocycles. The maximum atomic E-state index is 14.0. The Morgan fingerprint density at radius 1 is 1.18 bits per heavy atom. The van der Waals surface area contributed by atoms with Gasteiger partial charge in [0, 0.05) is 30.1 Å². The minimum absolute atomic E-state index is 0. The number of aliphatic carboxylic acids is 1. The van der Waals surface area contributed by atoms with E-state index in [-0.39, 0.29) is 60.4 Å². The topological polar surface area (TPSA) is 102 Å². The molecule has 1 N–H and O–H groups in total. The number of nitrogens with zero attached hydrogens (tertiary/aromatic N) is 2. The van der Waals surface area contributed by atoms with Gasteiger partial charge >= 0.3 is 29.6 Å². The van der Waals surface area contributed by atoms with Crippen molar-refractivity contribution >= 4 is 23.5 Å². The van der Waals surface area contributed by atoms with E-state index < -0.39 is 17.4 Å². The maximum absolute atomic E-state index is 14.0. The normalized spacial score (nSPS) is 21.6. The van der Waals surface area contributed by atoms with Crippen LogP contribution in [-0.4, -0.2) is 40.6 Å². The summed E-state index contributed by atoms with van der Waals surface area (Å²) in [6, 6.07) is 12.9. The minimum atomic E-state index is -1.22. The first-order valence-electron chi connectivity index (χ1n) is 13.0. The van der Waals surface area contributed by atoms with Crippen LogP contribution >= 0.6 is 0 Å². The zero-order valence-corrected chi connectivity index (χ0v) is 24.3. The van der Waals surface area contributed by atoms with Gasteiger partial charge in [0.2, 0.25) is 0 Å². The van der Waals surface area contributed by atoms with Crippen molar-refractivity contribution in [2.45, 2.75) is 70.5 Å².